The van der Waals surface area contributed by atoms with Gasteiger partial charge in [-0.2, -0.15) is 0 Å². The Labute approximate surface area is 109 Å². The lowest BCUT2D eigenvalue weighted by Gasteiger charge is -1.91. The van der Waals surface area contributed by atoms with Gasteiger partial charge in [-0.3, -0.25) is 9.78 Å². The fourth-order valence-corrected chi connectivity index (χ4v) is 2.03. The predicted octanol–water partition coefficient (Wildman–Crippen LogP) is 3.50. The normalized spacial score (nSPS) is 9.61. The van der Waals surface area contributed by atoms with Crippen molar-refractivity contribution in [3.05, 3.63) is 58.7 Å². The van der Waals surface area contributed by atoms with Gasteiger partial charge in [0.15, 0.2) is 11.3 Å². The molecule has 1 aromatic carbocycles. The smallest absolute Gasteiger partial charge is 0.178 e. The Morgan fingerprint density at radius 3 is 2.50 bits per heavy atom. The van der Waals surface area contributed by atoms with E-state index in [0.717, 1.165) is 16.7 Å². The molecule has 0 aliphatic rings. The summed E-state index contributed by atoms with van der Waals surface area (Å²) in [6.45, 7) is 1.92. The lowest BCUT2D eigenvalue weighted by atomic mass is 10.2. The van der Waals surface area contributed by atoms with Crippen molar-refractivity contribution < 1.29 is 4.79 Å². The van der Waals surface area contributed by atoms with Crippen LogP contribution >= 0.6 is 11.3 Å². The topological polar surface area (TPSA) is 42.9 Å². The van der Waals surface area contributed by atoms with Gasteiger partial charge in [-0.25, -0.2) is 4.98 Å². The third kappa shape index (κ3) is 3.21. The van der Waals surface area contributed by atoms with Crippen LogP contribution in [0, 0.1) is 6.92 Å². The molecule has 3 aromatic rings. The molecule has 0 saturated heterocycles. The molecule has 0 aliphatic heterocycles. The molecule has 0 fully saturated rings. The molecule has 0 bridgehead atoms. The Bertz CT molecular complexity index is 583. The minimum atomic E-state index is 0.558. The molecule has 0 amide bonds. The average molecular weight is 256 g/mol. The lowest BCUT2D eigenvalue weighted by Crippen LogP contribution is -1.73. The van der Waals surface area contributed by atoms with Crippen molar-refractivity contribution in [2.75, 3.05) is 0 Å². The van der Waals surface area contributed by atoms with Gasteiger partial charge in [0.25, 0.3) is 0 Å². The van der Waals surface area contributed by atoms with Crippen LogP contribution < -0.4 is 0 Å². The number of benzene rings is 1. The van der Waals surface area contributed by atoms with Crippen molar-refractivity contribution in [3.8, 4) is 0 Å². The largest absolute Gasteiger partial charge is 0.295 e. The molecule has 0 spiro atoms. The molecule has 0 atom stereocenters. The Hall–Kier alpha value is -2.07. The van der Waals surface area contributed by atoms with E-state index in [0.29, 0.717) is 5.01 Å². The summed E-state index contributed by atoms with van der Waals surface area (Å²) in [5, 5.41) is 1.76. The monoisotopic (exact) mass is 256 g/mol. The summed E-state index contributed by atoms with van der Waals surface area (Å²) < 4.78 is 0. The summed E-state index contributed by atoms with van der Waals surface area (Å²) >= 11 is 1.41. The van der Waals surface area contributed by atoms with Crippen molar-refractivity contribution in [3.63, 3.8) is 0 Å². The van der Waals surface area contributed by atoms with Crippen molar-refractivity contribution in [1.82, 2.24) is 9.97 Å². The number of hydrogen-bond donors (Lipinski definition) is 0. The Morgan fingerprint density at radius 2 is 1.89 bits per heavy atom. The molecule has 2 aromatic heterocycles. The summed E-state index contributed by atoms with van der Waals surface area (Å²) in [5.74, 6) is 0. The van der Waals surface area contributed by atoms with Gasteiger partial charge in [-0.05, 0) is 19.1 Å². The number of aromatic nitrogens is 2. The number of hydrogen-bond acceptors (Lipinski definition) is 4. The second-order valence-electron chi connectivity index (χ2n) is 3.62. The second-order valence-corrected chi connectivity index (χ2v) is 4.89. The van der Waals surface area contributed by atoms with Crippen LogP contribution in [0.3, 0.4) is 0 Å². The zero-order valence-corrected chi connectivity index (χ0v) is 10.7. The highest BCUT2D eigenvalue weighted by Gasteiger charge is 1.92. The first-order valence-corrected chi connectivity index (χ1v) is 6.28. The molecule has 0 saturated carbocycles. The van der Waals surface area contributed by atoms with E-state index >= 15 is 0 Å². The highest BCUT2D eigenvalue weighted by molar-refractivity contribution is 7.13. The second kappa shape index (κ2) is 6.02. The highest BCUT2D eigenvalue weighted by Crippen LogP contribution is 2.08. The van der Waals surface area contributed by atoms with Gasteiger partial charge in [0.1, 0.15) is 0 Å². The van der Waals surface area contributed by atoms with Crippen LogP contribution in [-0.4, -0.2) is 16.3 Å². The highest BCUT2D eigenvalue weighted by atomic mass is 32.1. The molecule has 0 N–H and O–H groups in total. The molecule has 18 heavy (non-hydrogen) atoms. The molecule has 4 heteroatoms. The molecule has 3 rings (SSSR count). The molecular formula is C14H12N2OS. The van der Waals surface area contributed by atoms with E-state index in [4.69, 9.17) is 0 Å². The van der Waals surface area contributed by atoms with Crippen LogP contribution in [0.5, 0.6) is 0 Å². The van der Waals surface area contributed by atoms with Crippen molar-refractivity contribution >= 4 is 28.5 Å². The van der Waals surface area contributed by atoms with E-state index in [2.05, 4.69) is 22.1 Å². The Kier molecular flexibility index (Phi) is 4.15. The first-order chi connectivity index (χ1) is 8.79. The van der Waals surface area contributed by atoms with Crippen molar-refractivity contribution in [2.24, 2.45) is 0 Å². The zero-order chi connectivity index (χ0) is 12.8. The van der Waals surface area contributed by atoms with Gasteiger partial charge < -0.3 is 0 Å². The molecule has 90 valence electrons. The number of fused-ring (bicyclic) bond motifs is 1. The van der Waals surface area contributed by atoms with E-state index in [1.807, 2.05) is 37.4 Å². The first kappa shape index (κ1) is 12.4. The van der Waals surface area contributed by atoms with E-state index in [1.165, 1.54) is 16.7 Å². The van der Waals surface area contributed by atoms with E-state index in [-0.39, 0.29) is 0 Å². The summed E-state index contributed by atoms with van der Waals surface area (Å²) in [4.78, 5) is 19.0. The average Bonchev–Trinajstić information content (AvgIpc) is 2.86. The number of aryl methyl sites for hydroxylation is 1. The number of rotatable bonds is 1. The van der Waals surface area contributed by atoms with Crippen LogP contribution in [-0.2, 0) is 0 Å². The summed E-state index contributed by atoms with van der Waals surface area (Å²) in [5.41, 5.74) is 1.06. The first-order valence-electron chi connectivity index (χ1n) is 5.47. The van der Waals surface area contributed by atoms with E-state index < -0.39 is 0 Å². The molecule has 0 aliphatic carbocycles. The molecule has 0 unspecified atom stereocenters. The molecule has 3 nitrogen and oxygen atoms in total. The summed E-state index contributed by atoms with van der Waals surface area (Å²) in [6, 6.07) is 12.1. The molecule has 0 radical (unpaired) electrons. The number of thiazole rings is 1. The van der Waals surface area contributed by atoms with Gasteiger partial charge in [0.2, 0.25) is 0 Å². The van der Waals surface area contributed by atoms with Gasteiger partial charge in [0.05, 0.1) is 5.52 Å². The van der Waals surface area contributed by atoms with Crippen LogP contribution in [0.25, 0.3) is 10.9 Å². The fraction of sp³-hybridized carbons (Fsp3) is 0.0714. The standard InChI is InChI=1S/C9H7N.C5H5NOS/c1-2-6-9-8(4-1)5-3-7-10-9;1-4-2-6-5(3-7)8-4/h1-7H;2-3H,1H3. The SMILES string of the molecule is Cc1cnc(C=O)s1.c1ccc2ncccc2c1. The van der Waals surface area contributed by atoms with Crippen LogP contribution in [0.1, 0.15) is 14.7 Å². The third-order valence-corrected chi connectivity index (χ3v) is 3.09. The minimum absolute atomic E-state index is 0.558. The molecular weight excluding hydrogens is 244 g/mol. The third-order valence-electron chi connectivity index (χ3n) is 2.25. The predicted molar refractivity (Wildman–Crippen MR) is 74.0 cm³/mol. The number of carbonyl (C=O) groups excluding carboxylic acids is 1. The quantitative estimate of drug-likeness (QED) is 0.626. The van der Waals surface area contributed by atoms with E-state index in [9.17, 15) is 4.79 Å². The number of para-hydroxylation sites is 1. The van der Waals surface area contributed by atoms with Crippen LogP contribution in [0.15, 0.2) is 48.8 Å². The number of pyridine rings is 1. The minimum Gasteiger partial charge on any atom is -0.295 e. The van der Waals surface area contributed by atoms with Crippen LogP contribution in [0.2, 0.25) is 0 Å². The van der Waals surface area contributed by atoms with Gasteiger partial charge in [-0.15, -0.1) is 11.3 Å². The number of nitrogens with zero attached hydrogens (tertiary/aromatic N) is 2. The van der Waals surface area contributed by atoms with Gasteiger partial charge >= 0.3 is 0 Å². The van der Waals surface area contributed by atoms with Crippen molar-refractivity contribution in [1.29, 1.82) is 0 Å². The number of carbonyl (C=O) groups is 1. The van der Waals surface area contributed by atoms with Gasteiger partial charge in [0, 0.05) is 22.7 Å². The van der Waals surface area contributed by atoms with E-state index in [1.54, 1.807) is 6.20 Å². The fourth-order valence-electron chi connectivity index (χ4n) is 1.44. The Balaban J connectivity index is 0.000000138. The summed E-state index contributed by atoms with van der Waals surface area (Å²) in [6.07, 6.45) is 4.26. The van der Waals surface area contributed by atoms with Gasteiger partial charge in [-0.1, -0.05) is 24.3 Å². The molecule has 2 heterocycles. The Morgan fingerprint density at radius 1 is 1.11 bits per heavy atom. The zero-order valence-electron chi connectivity index (χ0n) is 9.91. The van der Waals surface area contributed by atoms with Crippen LogP contribution in [0.4, 0.5) is 0 Å². The lowest BCUT2D eigenvalue weighted by molar-refractivity contribution is 0.112. The maximum atomic E-state index is 9.97. The maximum absolute atomic E-state index is 9.97. The maximum Gasteiger partial charge on any atom is 0.178 e. The summed E-state index contributed by atoms with van der Waals surface area (Å²) in [7, 11) is 0. The van der Waals surface area contributed by atoms with Crippen molar-refractivity contribution in [2.45, 2.75) is 6.92 Å². The number of aldehydes is 1.